The van der Waals surface area contributed by atoms with Crippen molar-refractivity contribution < 1.29 is 24.2 Å². The zero-order valence-corrected chi connectivity index (χ0v) is 22.3. The molecule has 37 heavy (non-hydrogen) atoms. The highest BCUT2D eigenvalue weighted by Crippen LogP contribution is 2.40. The molecule has 7 nitrogen and oxygen atoms in total. The van der Waals surface area contributed by atoms with Crippen molar-refractivity contribution in [1.82, 2.24) is 4.90 Å². The normalized spacial score (nSPS) is 21.2. The van der Waals surface area contributed by atoms with Gasteiger partial charge in [0, 0.05) is 37.5 Å². The molecular weight excluding hydrogens is 468 g/mol. The first kappa shape index (κ1) is 26.7. The fourth-order valence-electron chi connectivity index (χ4n) is 5.01. The van der Waals surface area contributed by atoms with Crippen LogP contribution in [-0.4, -0.2) is 60.6 Å². The Labute approximate surface area is 219 Å². The second-order valence-corrected chi connectivity index (χ2v) is 10.1. The lowest BCUT2D eigenvalue weighted by molar-refractivity contribution is -0.140. The molecule has 0 radical (unpaired) electrons. The van der Waals surface area contributed by atoms with Gasteiger partial charge in [0.2, 0.25) is 0 Å². The predicted molar refractivity (Wildman–Crippen MR) is 145 cm³/mol. The number of carbonyl (C=O) groups is 2. The minimum absolute atomic E-state index is 0.106. The molecule has 0 saturated carbocycles. The lowest BCUT2D eigenvalue weighted by Gasteiger charge is -2.28. The summed E-state index contributed by atoms with van der Waals surface area (Å²) in [5, 5.41) is 11.3. The highest BCUT2D eigenvalue weighted by atomic mass is 16.5. The fourth-order valence-corrected chi connectivity index (χ4v) is 5.01. The molecule has 2 aliphatic heterocycles. The molecule has 2 aromatic carbocycles. The van der Waals surface area contributed by atoms with Crippen LogP contribution >= 0.6 is 0 Å². The first-order valence-corrected chi connectivity index (χ1v) is 13.3. The summed E-state index contributed by atoms with van der Waals surface area (Å²) in [6.07, 6.45) is 1.66. The number of ketones is 1. The predicted octanol–water partition coefficient (Wildman–Crippen LogP) is 5.17. The van der Waals surface area contributed by atoms with E-state index in [0.29, 0.717) is 37.0 Å². The number of hydrogen-bond donors (Lipinski definition) is 1. The van der Waals surface area contributed by atoms with Crippen molar-refractivity contribution in [3.63, 3.8) is 0 Å². The summed E-state index contributed by atoms with van der Waals surface area (Å²) in [5.41, 5.74) is 2.43. The number of amides is 1. The first-order chi connectivity index (χ1) is 17.8. The van der Waals surface area contributed by atoms with Crippen molar-refractivity contribution in [2.75, 3.05) is 37.7 Å². The summed E-state index contributed by atoms with van der Waals surface area (Å²) in [4.78, 5) is 30.4. The van der Waals surface area contributed by atoms with Crippen molar-refractivity contribution >= 4 is 23.1 Å². The van der Waals surface area contributed by atoms with Crippen LogP contribution in [-0.2, 0) is 14.3 Å². The van der Waals surface area contributed by atoms with Crippen molar-refractivity contribution in [3.05, 3.63) is 65.2 Å². The van der Waals surface area contributed by atoms with E-state index in [-0.39, 0.29) is 17.4 Å². The van der Waals surface area contributed by atoms with E-state index in [1.165, 1.54) is 0 Å². The molecule has 2 heterocycles. The van der Waals surface area contributed by atoms with Gasteiger partial charge < -0.3 is 24.4 Å². The van der Waals surface area contributed by atoms with Crippen molar-refractivity contribution in [2.24, 2.45) is 5.92 Å². The molecule has 4 rings (SSSR count). The Balaban J connectivity index is 1.72. The molecule has 0 bridgehead atoms. The molecule has 1 N–H and O–H groups in total. The Morgan fingerprint density at radius 3 is 2.32 bits per heavy atom. The molecule has 2 atom stereocenters. The lowest BCUT2D eigenvalue weighted by atomic mass is 9.95. The van der Waals surface area contributed by atoms with Gasteiger partial charge in [-0.15, -0.1) is 0 Å². The number of carbonyl (C=O) groups excluding carboxylic acids is 2. The lowest BCUT2D eigenvalue weighted by Crippen LogP contribution is -2.36. The Morgan fingerprint density at radius 1 is 1.08 bits per heavy atom. The second kappa shape index (κ2) is 11.8. The SMILES string of the molecule is CCN(CC)c1ccc(C2/C(=C(/O)c3ccc(OCC(C)C)cc3)C(=O)C(=O)N2CC2CCCO2)cc1. The quantitative estimate of drug-likeness (QED) is 0.272. The standard InChI is InChI=1S/C30H38N2O5/c1-5-31(6-2)23-13-9-21(10-14-23)27-26(29(34)30(35)32(27)18-25-8-7-17-36-25)28(33)22-11-15-24(16-12-22)37-19-20(3)4/h9-16,20,25,27,33H,5-8,17-19H2,1-4H3/b28-26-. The zero-order chi connectivity index (χ0) is 26.5. The highest BCUT2D eigenvalue weighted by molar-refractivity contribution is 6.46. The molecule has 1 amide bonds. The van der Waals surface area contributed by atoms with Crippen LogP contribution in [0.2, 0.25) is 0 Å². The third kappa shape index (κ3) is 5.82. The summed E-state index contributed by atoms with van der Waals surface area (Å²) >= 11 is 0. The molecule has 2 unspecified atom stereocenters. The molecule has 0 aliphatic carbocycles. The van der Waals surface area contributed by atoms with Gasteiger partial charge in [-0.25, -0.2) is 0 Å². The summed E-state index contributed by atoms with van der Waals surface area (Å²) < 4.78 is 11.5. The van der Waals surface area contributed by atoms with E-state index < -0.39 is 17.7 Å². The van der Waals surface area contributed by atoms with E-state index in [1.807, 2.05) is 24.3 Å². The van der Waals surface area contributed by atoms with Gasteiger partial charge >= 0.3 is 0 Å². The number of likely N-dealkylation sites (tertiary alicyclic amines) is 1. The van der Waals surface area contributed by atoms with Crippen LogP contribution in [0.15, 0.2) is 54.1 Å². The minimum Gasteiger partial charge on any atom is -0.507 e. The van der Waals surface area contributed by atoms with Crippen LogP contribution in [0.4, 0.5) is 5.69 Å². The molecule has 2 saturated heterocycles. The average Bonchev–Trinajstić information content (AvgIpc) is 3.51. The molecule has 198 valence electrons. The van der Waals surface area contributed by atoms with Gasteiger partial charge in [0.15, 0.2) is 0 Å². The van der Waals surface area contributed by atoms with E-state index in [0.717, 1.165) is 37.2 Å². The number of rotatable bonds is 10. The topological polar surface area (TPSA) is 79.3 Å². The number of benzene rings is 2. The molecule has 2 aromatic rings. The number of aliphatic hydroxyl groups is 1. The van der Waals surface area contributed by atoms with Gasteiger partial charge in [-0.1, -0.05) is 26.0 Å². The number of ether oxygens (including phenoxy) is 2. The van der Waals surface area contributed by atoms with Gasteiger partial charge in [0.05, 0.1) is 24.3 Å². The van der Waals surface area contributed by atoms with Crippen LogP contribution < -0.4 is 9.64 Å². The van der Waals surface area contributed by atoms with E-state index in [2.05, 4.69) is 32.6 Å². The van der Waals surface area contributed by atoms with E-state index >= 15 is 0 Å². The third-order valence-corrected chi connectivity index (χ3v) is 7.01. The summed E-state index contributed by atoms with van der Waals surface area (Å²) in [7, 11) is 0. The van der Waals surface area contributed by atoms with Gasteiger partial charge in [-0.3, -0.25) is 9.59 Å². The number of Topliss-reactive ketones (excluding diaryl/α,β-unsaturated/α-hetero) is 1. The van der Waals surface area contributed by atoms with Crippen molar-refractivity contribution in [2.45, 2.75) is 52.7 Å². The molecule has 0 spiro atoms. The molecular formula is C30H38N2O5. The minimum atomic E-state index is -0.688. The summed E-state index contributed by atoms with van der Waals surface area (Å²) in [5.74, 6) is -0.379. The fraction of sp³-hybridized carbons (Fsp3) is 0.467. The monoisotopic (exact) mass is 506 g/mol. The second-order valence-electron chi connectivity index (χ2n) is 10.1. The van der Waals surface area contributed by atoms with Gasteiger partial charge in [0.25, 0.3) is 11.7 Å². The van der Waals surface area contributed by atoms with Crippen LogP contribution in [0, 0.1) is 5.92 Å². The average molecular weight is 507 g/mol. The van der Waals surface area contributed by atoms with Gasteiger partial charge in [-0.2, -0.15) is 0 Å². The number of aliphatic hydroxyl groups excluding tert-OH is 1. The molecule has 2 fully saturated rings. The molecule has 7 heteroatoms. The Bertz CT molecular complexity index is 1110. The van der Waals surface area contributed by atoms with E-state index in [1.54, 1.807) is 29.2 Å². The van der Waals surface area contributed by atoms with Crippen LogP contribution in [0.1, 0.15) is 57.7 Å². The van der Waals surface area contributed by atoms with Crippen LogP contribution in [0.5, 0.6) is 5.75 Å². The molecule has 0 aromatic heterocycles. The van der Waals surface area contributed by atoms with Gasteiger partial charge in [0.1, 0.15) is 11.5 Å². The maximum atomic E-state index is 13.3. The smallest absolute Gasteiger partial charge is 0.295 e. The van der Waals surface area contributed by atoms with Crippen molar-refractivity contribution in [3.8, 4) is 5.75 Å². The largest absolute Gasteiger partial charge is 0.507 e. The van der Waals surface area contributed by atoms with E-state index in [9.17, 15) is 14.7 Å². The summed E-state index contributed by atoms with van der Waals surface area (Å²) in [6.45, 7) is 11.7. The Hall–Kier alpha value is -3.32. The number of anilines is 1. The van der Waals surface area contributed by atoms with Crippen molar-refractivity contribution in [1.29, 1.82) is 0 Å². The number of hydrogen-bond acceptors (Lipinski definition) is 6. The maximum absolute atomic E-state index is 13.3. The zero-order valence-electron chi connectivity index (χ0n) is 22.3. The molecule has 2 aliphatic rings. The first-order valence-electron chi connectivity index (χ1n) is 13.3. The van der Waals surface area contributed by atoms with Crippen LogP contribution in [0.25, 0.3) is 5.76 Å². The number of nitrogens with zero attached hydrogens (tertiary/aromatic N) is 2. The van der Waals surface area contributed by atoms with Gasteiger partial charge in [-0.05, 0) is 74.6 Å². The third-order valence-electron chi connectivity index (χ3n) is 7.01. The summed E-state index contributed by atoms with van der Waals surface area (Å²) in [6, 6.07) is 14.2. The van der Waals surface area contributed by atoms with Crippen LogP contribution in [0.3, 0.4) is 0 Å². The maximum Gasteiger partial charge on any atom is 0.295 e. The van der Waals surface area contributed by atoms with E-state index in [4.69, 9.17) is 9.47 Å². The highest BCUT2D eigenvalue weighted by Gasteiger charge is 2.47. The Kier molecular flexibility index (Phi) is 8.54. The Morgan fingerprint density at radius 2 is 1.76 bits per heavy atom.